The van der Waals surface area contributed by atoms with Crippen molar-refractivity contribution < 1.29 is 8.42 Å². The third-order valence-electron chi connectivity index (χ3n) is 5.00. The molecule has 0 bridgehead atoms. The Hall–Kier alpha value is -2.13. The van der Waals surface area contributed by atoms with Gasteiger partial charge in [0.2, 0.25) is 10.0 Å². The third-order valence-corrected chi connectivity index (χ3v) is 6.53. The van der Waals surface area contributed by atoms with E-state index in [-0.39, 0.29) is 10.9 Å². The van der Waals surface area contributed by atoms with E-state index in [4.69, 9.17) is 6.42 Å². The first-order valence-electron chi connectivity index (χ1n) is 9.75. The quantitative estimate of drug-likeness (QED) is 0.730. The Kier molecular flexibility index (Phi) is 6.56. The third kappa shape index (κ3) is 5.45. The smallest absolute Gasteiger partial charge is 0.240 e. The molecule has 0 aliphatic carbocycles. The summed E-state index contributed by atoms with van der Waals surface area (Å²) in [5.41, 5.74) is 3.30. The molecular formula is C23H28N2O2S. The highest BCUT2D eigenvalue weighted by molar-refractivity contribution is 7.89. The maximum Gasteiger partial charge on any atom is 0.240 e. The fraction of sp³-hybridized carbons (Fsp3) is 0.391. The van der Waals surface area contributed by atoms with E-state index in [9.17, 15) is 8.42 Å². The van der Waals surface area contributed by atoms with Crippen molar-refractivity contribution in [2.45, 2.75) is 44.2 Å². The summed E-state index contributed by atoms with van der Waals surface area (Å²) < 4.78 is 28.0. The molecule has 0 spiro atoms. The molecule has 1 saturated heterocycles. The summed E-state index contributed by atoms with van der Waals surface area (Å²) >= 11 is 0. The molecule has 1 N–H and O–H groups in total. The number of nitrogens with one attached hydrogen (secondary N) is 1. The summed E-state index contributed by atoms with van der Waals surface area (Å²) in [5, 5.41) is 0. The summed E-state index contributed by atoms with van der Waals surface area (Å²) in [4.78, 5) is 2.55. The topological polar surface area (TPSA) is 49.4 Å². The molecule has 0 radical (unpaired) electrons. The van der Waals surface area contributed by atoms with E-state index >= 15 is 0 Å². The van der Waals surface area contributed by atoms with E-state index in [1.807, 2.05) is 0 Å². The number of nitrogens with zero attached hydrogens (tertiary/aromatic N) is 1. The molecule has 1 aliphatic heterocycles. The van der Waals surface area contributed by atoms with Crippen molar-refractivity contribution in [2.24, 2.45) is 5.92 Å². The van der Waals surface area contributed by atoms with E-state index in [0.717, 1.165) is 32.5 Å². The average molecular weight is 397 g/mol. The molecule has 148 valence electrons. The molecule has 1 aliphatic rings. The van der Waals surface area contributed by atoms with Gasteiger partial charge >= 0.3 is 0 Å². The van der Waals surface area contributed by atoms with Gasteiger partial charge in [-0.05, 0) is 54.2 Å². The van der Waals surface area contributed by atoms with Crippen molar-refractivity contribution in [1.82, 2.24) is 9.62 Å². The SMILES string of the molecule is C#Cc1ccc(S(=O)(=O)N[C@@H]2CCN(Cc3ccc(CC(C)C)cc3)C2)cc1. The first-order valence-corrected chi connectivity index (χ1v) is 11.2. The predicted molar refractivity (Wildman–Crippen MR) is 113 cm³/mol. The Morgan fingerprint density at radius 1 is 1.11 bits per heavy atom. The van der Waals surface area contributed by atoms with Crippen molar-refractivity contribution >= 4 is 10.0 Å². The van der Waals surface area contributed by atoms with Gasteiger partial charge in [0.25, 0.3) is 0 Å². The molecule has 2 aromatic carbocycles. The molecule has 5 heteroatoms. The Morgan fingerprint density at radius 2 is 1.75 bits per heavy atom. The minimum Gasteiger partial charge on any atom is -0.297 e. The molecule has 0 amide bonds. The second-order valence-corrected chi connectivity index (χ2v) is 9.64. The second-order valence-electron chi connectivity index (χ2n) is 7.93. The lowest BCUT2D eigenvalue weighted by atomic mass is 10.0. The summed E-state index contributed by atoms with van der Waals surface area (Å²) in [6, 6.07) is 15.1. The van der Waals surface area contributed by atoms with Gasteiger partial charge in [0, 0.05) is 31.2 Å². The Bertz CT molecular complexity index is 926. The fourth-order valence-electron chi connectivity index (χ4n) is 3.60. The van der Waals surface area contributed by atoms with E-state index in [1.54, 1.807) is 24.3 Å². The summed E-state index contributed by atoms with van der Waals surface area (Å²) in [6.07, 6.45) is 7.23. The van der Waals surface area contributed by atoms with Crippen LogP contribution in [0.1, 0.15) is 37.0 Å². The number of benzene rings is 2. The molecule has 1 heterocycles. The molecule has 28 heavy (non-hydrogen) atoms. The van der Waals surface area contributed by atoms with Crippen LogP contribution in [0.25, 0.3) is 0 Å². The van der Waals surface area contributed by atoms with Crippen LogP contribution in [-0.2, 0) is 23.0 Å². The first kappa shape index (κ1) is 20.6. The monoisotopic (exact) mass is 396 g/mol. The zero-order chi connectivity index (χ0) is 20.1. The second kappa shape index (κ2) is 8.91. The van der Waals surface area contributed by atoms with Crippen LogP contribution in [0.5, 0.6) is 0 Å². The summed E-state index contributed by atoms with van der Waals surface area (Å²) in [7, 11) is -3.53. The number of hydrogen-bond acceptors (Lipinski definition) is 3. The summed E-state index contributed by atoms with van der Waals surface area (Å²) in [6.45, 7) is 6.90. The molecule has 0 unspecified atom stereocenters. The largest absolute Gasteiger partial charge is 0.297 e. The molecule has 4 nitrogen and oxygen atoms in total. The molecule has 1 fully saturated rings. The normalized spacial score (nSPS) is 17.7. The van der Waals surface area contributed by atoms with Gasteiger partial charge in [-0.1, -0.05) is 44.0 Å². The van der Waals surface area contributed by atoms with Crippen molar-refractivity contribution in [3.8, 4) is 12.3 Å². The Balaban J connectivity index is 1.55. The van der Waals surface area contributed by atoms with Crippen LogP contribution in [-0.4, -0.2) is 32.4 Å². The van der Waals surface area contributed by atoms with Crippen LogP contribution >= 0.6 is 0 Å². The van der Waals surface area contributed by atoms with Gasteiger partial charge < -0.3 is 0 Å². The number of hydrogen-bond donors (Lipinski definition) is 1. The van der Waals surface area contributed by atoms with E-state index in [0.29, 0.717) is 11.5 Å². The number of terminal acetylenes is 1. The van der Waals surface area contributed by atoms with Gasteiger partial charge in [-0.3, -0.25) is 4.90 Å². The minimum absolute atomic E-state index is 0.0717. The van der Waals surface area contributed by atoms with Gasteiger partial charge in [-0.15, -0.1) is 6.42 Å². The van der Waals surface area contributed by atoms with Crippen molar-refractivity contribution in [3.05, 3.63) is 65.2 Å². The van der Waals surface area contributed by atoms with Gasteiger partial charge in [0.05, 0.1) is 4.90 Å². The van der Waals surface area contributed by atoms with Crippen LogP contribution in [0.2, 0.25) is 0 Å². The van der Waals surface area contributed by atoms with Crippen LogP contribution in [0, 0.1) is 18.3 Å². The van der Waals surface area contributed by atoms with Crippen molar-refractivity contribution in [1.29, 1.82) is 0 Å². The van der Waals surface area contributed by atoms with Crippen LogP contribution in [0.4, 0.5) is 0 Å². The lowest BCUT2D eigenvalue weighted by molar-refractivity contribution is 0.324. The van der Waals surface area contributed by atoms with E-state index in [2.05, 4.69) is 53.7 Å². The highest BCUT2D eigenvalue weighted by atomic mass is 32.2. The van der Waals surface area contributed by atoms with Crippen LogP contribution in [0.15, 0.2) is 53.4 Å². The fourth-order valence-corrected chi connectivity index (χ4v) is 4.86. The van der Waals surface area contributed by atoms with Crippen LogP contribution in [0.3, 0.4) is 0 Å². The molecule has 2 aromatic rings. The van der Waals surface area contributed by atoms with Gasteiger partial charge in [0.1, 0.15) is 0 Å². The molecule has 1 atom stereocenters. The Labute approximate surface area is 169 Å². The van der Waals surface area contributed by atoms with E-state index in [1.165, 1.54) is 11.1 Å². The summed E-state index contributed by atoms with van der Waals surface area (Å²) in [5.74, 6) is 3.15. The maximum atomic E-state index is 12.6. The van der Waals surface area contributed by atoms with Crippen molar-refractivity contribution in [3.63, 3.8) is 0 Å². The van der Waals surface area contributed by atoms with Crippen LogP contribution < -0.4 is 4.72 Å². The van der Waals surface area contributed by atoms with Gasteiger partial charge in [0.15, 0.2) is 0 Å². The lowest BCUT2D eigenvalue weighted by Crippen LogP contribution is -2.36. The molecule has 3 rings (SSSR count). The minimum atomic E-state index is -3.53. The maximum absolute atomic E-state index is 12.6. The zero-order valence-corrected chi connectivity index (χ0v) is 17.4. The Morgan fingerprint density at radius 3 is 2.36 bits per heavy atom. The molecular weight excluding hydrogens is 368 g/mol. The lowest BCUT2D eigenvalue weighted by Gasteiger charge is -2.17. The number of rotatable bonds is 7. The van der Waals surface area contributed by atoms with Gasteiger partial charge in [-0.25, -0.2) is 13.1 Å². The van der Waals surface area contributed by atoms with E-state index < -0.39 is 10.0 Å². The van der Waals surface area contributed by atoms with Crippen molar-refractivity contribution in [2.75, 3.05) is 13.1 Å². The highest BCUT2D eigenvalue weighted by Crippen LogP contribution is 2.18. The number of sulfonamides is 1. The first-order chi connectivity index (χ1) is 13.4. The zero-order valence-electron chi connectivity index (χ0n) is 16.6. The van der Waals surface area contributed by atoms with Gasteiger partial charge in [-0.2, -0.15) is 0 Å². The molecule has 0 aromatic heterocycles. The highest BCUT2D eigenvalue weighted by Gasteiger charge is 2.27. The standard InChI is InChI=1S/C23H28N2O2S/c1-4-19-9-11-23(12-10-19)28(26,27)24-22-13-14-25(17-22)16-21-7-5-20(6-8-21)15-18(2)3/h1,5-12,18,22,24H,13-17H2,2-3H3/t22-/m1/s1. The predicted octanol–water partition coefficient (Wildman–Crippen LogP) is 3.42. The number of likely N-dealkylation sites (tertiary alicyclic amines) is 1. The average Bonchev–Trinajstić information content (AvgIpc) is 3.09. The molecule has 0 saturated carbocycles.